The summed E-state index contributed by atoms with van der Waals surface area (Å²) in [5, 5.41) is 8.88. The summed E-state index contributed by atoms with van der Waals surface area (Å²) in [7, 11) is 0. The molecule has 4 rings (SSSR count). The fraction of sp³-hybridized carbons (Fsp3) is 0.316. The van der Waals surface area contributed by atoms with Gasteiger partial charge in [0.2, 0.25) is 11.1 Å². The molecule has 136 valence electrons. The molecule has 1 N–H and O–H groups in total. The molecule has 6 atom stereocenters. The van der Waals surface area contributed by atoms with Crippen molar-refractivity contribution >= 4 is 17.0 Å². The fourth-order valence-electron chi connectivity index (χ4n) is 3.48. The lowest BCUT2D eigenvalue weighted by atomic mass is 9.85. The van der Waals surface area contributed by atoms with Crippen LogP contribution in [0, 0.1) is 0 Å². The molecule has 2 saturated heterocycles. The van der Waals surface area contributed by atoms with Crippen molar-refractivity contribution in [3.8, 4) is 0 Å². The lowest BCUT2D eigenvalue weighted by Gasteiger charge is -2.40. The Hall–Kier alpha value is -2.06. The highest BCUT2D eigenvalue weighted by Crippen LogP contribution is 2.50. The average molecular weight is 374 g/mol. The van der Waals surface area contributed by atoms with Crippen LogP contribution < -0.4 is 0 Å². The number of esters is 1. The van der Waals surface area contributed by atoms with E-state index in [9.17, 15) is 14.1 Å². The molecular weight excluding hydrogens is 356 g/mol. The maximum atomic E-state index is 12.5. The van der Waals surface area contributed by atoms with Crippen molar-refractivity contribution in [2.45, 2.75) is 36.3 Å². The van der Waals surface area contributed by atoms with Crippen molar-refractivity contribution in [3.05, 3.63) is 71.8 Å². The summed E-state index contributed by atoms with van der Waals surface area (Å²) >= 11 is -2.08. The highest BCUT2D eigenvalue weighted by molar-refractivity contribution is 7.81. The number of ether oxygens (including phenoxy) is 2. The SMILES string of the molecule is C[C@@H]1O[C@@]2(O)[C@@H](c3ccccc3)[C@H](OS2=O)[C@@H]1OC(=O)c1ccccc1. The Morgan fingerprint density at radius 1 is 1.12 bits per heavy atom. The van der Waals surface area contributed by atoms with Crippen LogP contribution in [0.25, 0.3) is 0 Å². The largest absolute Gasteiger partial charge is 0.453 e. The number of fused-ring (bicyclic) bond motifs is 2. The summed E-state index contributed by atoms with van der Waals surface area (Å²) in [5.41, 5.74) is 1.11. The van der Waals surface area contributed by atoms with Gasteiger partial charge in [0.1, 0.15) is 6.10 Å². The van der Waals surface area contributed by atoms with Crippen LogP contribution in [-0.2, 0) is 24.7 Å². The predicted molar refractivity (Wildman–Crippen MR) is 93.3 cm³/mol. The minimum absolute atomic E-state index is 0.399. The van der Waals surface area contributed by atoms with Crippen LogP contribution in [0.4, 0.5) is 0 Å². The van der Waals surface area contributed by atoms with Gasteiger partial charge in [0.25, 0.3) is 5.12 Å². The normalized spacial score (nSPS) is 35.8. The smallest absolute Gasteiger partial charge is 0.338 e. The molecule has 0 spiro atoms. The average Bonchev–Trinajstić information content (AvgIpc) is 2.86. The van der Waals surface area contributed by atoms with Crippen LogP contribution in [0.15, 0.2) is 60.7 Å². The standard InChI is InChI=1S/C19H18O6S/c1-12-16(23-18(20)14-10-6-3-7-11-14)17-15(13-8-4-2-5-9-13)19(21,24-12)26(22)25-17/h2-12,15-17,21H,1H3/t12-,15-,16+,17-,19-,26?/m0/s1. The first-order chi connectivity index (χ1) is 12.5. The molecule has 0 saturated carbocycles. The molecule has 0 aromatic heterocycles. The highest BCUT2D eigenvalue weighted by Gasteiger charge is 2.65. The van der Waals surface area contributed by atoms with Crippen LogP contribution >= 0.6 is 0 Å². The van der Waals surface area contributed by atoms with Crippen LogP contribution in [0.3, 0.4) is 0 Å². The van der Waals surface area contributed by atoms with E-state index in [1.54, 1.807) is 49.4 Å². The summed E-state index contributed by atoms with van der Waals surface area (Å²) in [6, 6.07) is 17.6. The number of benzene rings is 2. The van der Waals surface area contributed by atoms with Gasteiger partial charge in [0, 0.05) is 0 Å². The molecule has 0 aliphatic carbocycles. The van der Waals surface area contributed by atoms with Crippen molar-refractivity contribution in [1.82, 2.24) is 0 Å². The molecule has 2 bridgehead atoms. The topological polar surface area (TPSA) is 82.1 Å². The summed E-state index contributed by atoms with van der Waals surface area (Å²) in [6.45, 7) is 1.66. The monoisotopic (exact) mass is 374 g/mol. The van der Waals surface area contributed by atoms with Crippen LogP contribution in [0.2, 0.25) is 0 Å². The van der Waals surface area contributed by atoms with E-state index in [1.807, 2.05) is 18.2 Å². The van der Waals surface area contributed by atoms with E-state index < -0.39 is 46.4 Å². The number of hydrogen-bond acceptors (Lipinski definition) is 6. The van der Waals surface area contributed by atoms with Gasteiger partial charge in [-0.05, 0) is 24.6 Å². The van der Waals surface area contributed by atoms with Gasteiger partial charge >= 0.3 is 5.97 Å². The maximum Gasteiger partial charge on any atom is 0.338 e. The zero-order valence-electron chi connectivity index (χ0n) is 14.0. The Morgan fingerprint density at radius 3 is 2.38 bits per heavy atom. The lowest BCUT2D eigenvalue weighted by molar-refractivity contribution is -0.236. The van der Waals surface area contributed by atoms with Gasteiger partial charge in [-0.25, -0.2) is 9.00 Å². The quantitative estimate of drug-likeness (QED) is 0.829. The summed E-state index contributed by atoms with van der Waals surface area (Å²) in [4.78, 5) is 12.5. The molecule has 2 aliphatic rings. The fourth-order valence-corrected chi connectivity index (χ4v) is 4.75. The molecule has 2 heterocycles. The Balaban J connectivity index is 1.66. The van der Waals surface area contributed by atoms with Gasteiger partial charge in [-0.15, -0.1) is 0 Å². The second-order valence-electron chi connectivity index (χ2n) is 6.37. The highest BCUT2D eigenvalue weighted by atomic mass is 32.2. The van der Waals surface area contributed by atoms with Gasteiger partial charge in [-0.1, -0.05) is 48.5 Å². The Labute approximate surface area is 153 Å². The zero-order valence-corrected chi connectivity index (χ0v) is 14.8. The van der Waals surface area contributed by atoms with E-state index in [1.165, 1.54) is 0 Å². The third-order valence-electron chi connectivity index (χ3n) is 4.71. The van der Waals surface area contributed by atoms with Crippen molar-refractivity contribution in [3.63, 3.8) is 0 Å². The summed E-state index contributed by atoms with van der Waals surface area (Å²) < 4.78 is 29.2. The van der Waals surface area contributed by atoms with E-state index in [0.29, 0.717) is 11.1 Å². The molecule has 0 amide bonds. The molecular formula is C19H18O6S. The van der Waals surface area contributed by atoms with E-state index >= 15 is 0 Å². The zero-order chi connectivity index (χ0) is 18.3. The van der Waals surface area contributed by atoms with Gasteiger partial charge in [-0.2, -0.15) is 0 Å². The minimum Gasteiger partial charge on any atom is -0.453 e. The second kappa shape index (κ2) is 6.59. The number of carbonyl (C=O) groups excluding carboxylic acids is 1. The van der Waals surface area contributed by atoms with Crippen molar-refractivity contribution < 1.29 is 27.8 Å². The first-order valence-corrected chi connectivity index (χ1v) is 9.38. The van der Waals surface area contributed by atoms with Crippen LogP contribution in [-0.4, -0.2) is 38.7 Å². The second-order valence-corrected chi connectivity index (χ2v) is 7.62. The molecule has 1 unspecified atom stereocenters. The van der Waals surface area contributed by atoms with E-state index in [-0.39, 0.29) is 0 Å². The maximum absolute atomic E-state index is 12.5. The summed E-state index contributed by atoms with van der Waals surface area (Å²) in [5.74, 6) is -1.25. The van der Waals surface area contributed by atoms with Gasteiger partial charge < -0.3 is 14.6 Å². The lowest BCUT2D eigenvalue weighted by Crippen LogP contribution is -2.55. The molecule has 0 radical (unpaired) electrons. The van der Waals surface area contributed by atoms with Crippen molar-refractivity contribution in [2.24, 2.45) is 0 Å². The Bertz CT molecular complexity index is 826. The molecule has 2 aromatic carbocycles. The number of carbonyl (C=O) groups is 1. The van der Waals surface area contributed by atoms with E-state index in [2.05, 4.69) is 0 Å². The first kappa shape index (κ1) is 17.4. The molecule has 26 heavy (non-hydrogen) atoms. The molecule has 2 aliphatic heterocycles. The number of hydrogen-bond donors (Lipinski definition) is 1. The van der Waals surface area contributed by atoms with Crippen LogP contribution in [0.1, 0.15) is 28.8 Å². The molecule has 2 fully saturated rings. The molecule has 2 aromatic rings. The van der Waals surface area contributed by atoms with Crippen LogP contribution in [0.5, 0.6) is 0 Å². The minimum atomic E-state index is -2.08. The molecule has 7 heteroatoms. The van der Waals surface area contributed by atoms with Gasteiger partial charge in [-0.3, -0.25) is 4.18 Å². The Morgan fingerprint density at radius 2 is 1.73 bits per heavy atom. The first-order valence-electron chi connectivity index (χ1n) is 8.31. The van der Waals surface area contributed by atoms with E-state index in [4.69, 9.17) is 13.7 Å². The Kier molecular flexibility index (Phi) is 4.40. The third-order valence-corrected chi connectivity index (χ3v) is 5.94. The summed E-state index contributed by atoms with van der Waals surface area (Å²) in [6.07, 6.45) is -2.26. The number of aliphatic hydroxyl groups is 1. The third kappa shape index (κ3) is 2.77. The molecule has 6 nitrogen and oxygen atoms in total. The predicted octanol–water partition coefficient (Wildman–Crippen LogP) is 2.12. The van der Waals surface area contributed by atoms with Crippen molar-refractivity contribution in [2.75, 3.05) is 0 Å². The van der Waals surface area contributed by atoms with E-state index in [0.717, 1.165) is 0 Å². The van der Waals surface area contributed by atoms with Crippen molar-refractivity contribution in [1.29, 1.82) is 0 Å². The van der Waals surface area contributed by atoms with Gasteiger partial charge in [0.05, 0.1) is 17.6 Å². The number of rotatable bonds is 3. The van der Waals surface area contributed by atoms with Gasteiger partial charge in [0.15, 0.2) is 6.10 Å².